The number of nitrogens with two attached hydrogens (primary N) is 1. The van der Waals surface area contributed by atoms with Crippen molar-refractivity contribution in [2.24, 2.45) is 5.73 Å². The number of cyclic esters (lactones) is 1. The smallest absolute Gasteiger partial charge is 0.414 e. The predicted octanol–water partition coefficient (Wildman–Crippen LogP) is 0.432. The summed E-state index contributed by atoms with van der Waals surface area (Å²) in [5.74, 6) is -0.0932. The van der Waals surface area contributed by atoms with E-state index in [-0.39, 0.29) is 24.7 Å². The number of methoxy groups -OCH3 is 1. The van der Waals surface area contributed by atoms with E-state index in [0.29, 0.717) is 25.9 Å². The van der Waals surface area contributed by atoms with Crippen molar-refractivity contribution in [1.29, 1.82) is 0 Å². The second-order valence-electron chi connectivity index (χ2n) is 5.05. The summed E-state index contributed by atoms with van der Waals surface area (Å²) in [5, 5.41) is 0. The molecule has 116 valence electrons. The van der Waals surface area contributed by atoms with E-state index in [0.717, 1.165) is 11.4 Å². The van der Waals surface area contributed by atoms with Crippen molar-refractivity contribution in [1.82, 2.24) is 9.80 Å². The molecule has 0 aromatic rings. The first-order valence-electron chi connectivity index (χ1n) is 6.90. The average molecular weight is 295 g/mol. The summed E-state index contributed by atoms with van der Waals surface area (Å²) in [6.45, 7) is 0.870. The van der Waals surface area contributed by atoms with Crippen LogP contribution in [-0.4, -0.2) is 61.8 Å². The minimum atomic E-state index is -0.350. The molecule has 1 unspecified atom stereocenters. The highest BCUT2D eigenvalue weighted by atomic mass is 16.6. The summed E-state index contributed by atoms with van der Waals surface area (Å²) in [7, 11) is 3.21. The van der Waals surface area contributed by atoms with Crippen LogP contribution in [0.4, 0.5) is 4.79 Å². The fourth-order valence-corrected chi connectivity index (χ4v) is 2.38. The maximum atomic E-state index is 11.8. The van der Waals surface area contributed by atoms with Gasteiger partial charge in [-0.15, -0.1) is 0 Å². The van der Waals surface area contributed by atoms with Crippen LogP contribution in [0.25, 0.3) is 0 Å². The van der Waals surface area contributed by atoms with Crippen LogP contribution in [0.1, 0.15) is 12.8 Å². The summed E-state index contributed by atoms with van der Waals surface area (Å²) in [6.07, 6.45) is 4.50. The Morgan fingerprint density at radius 1 is 1.52 bits per heavy atom. The van der Waals surface area contributed by atoms with Gasteiger partial charge in [-0.2, -0.15) is 0 Å². The first-order valence-corrected chi connectivity index (χ1v) is 6.90. The fourth-order valence-electron chi connectivity index (χ4n) is 2.38. The van der Waals surface area contributed by atoms with Crippen LogP contribution in [0, 0.1) is 0 Å². The standard InChI is InChI=1S/C14H21N3O4/c1-16(13(18)9-20-2)10-3-5-11(6-4-10)17-8-12(7-15)21-14(17)19/h3,5,12H,4,6-9,15H2,1-2H3. The van der Waals surface area contributed by atoms with Crippen LogP contribution in [0.5, 0.6) is 0 Å². The molecule has 1 fully saturated rings. The van der Waals surface area contributed by atoms with Gasteiger partial charge in [0, 0.05) is 32.1 Å². The Morgan fingerprint density at radius 2 is 2.29 bits per heavy atom. The Balaban J connectivity index is 2.03. The van der Waals surface area contributed by atoms with Crippen molar-refractivity contribution in [3.8, 4) is 0 Å². The molecule has 21 heavy (non-hydrogen) atoms. The van der Waals surface area contributed by atoms with E-state index < -0.39 is 0 Å². The van der Waals surface area contributed by atoms with Crippen LogP contribution in [0.3, 0.4) is 0 Å². The van der Waals surface area contributed by atoms with Crippen molar-refractivity contribution >= 4 is 12.0 Å². The van der Waals surface area contributed by atoms with Gasteiger partial charge in [0.15, 0.2) is 0 Å². The summed E-state index contributed by atoms with van der Waals surface area (Å²) >= 11 is 0. The molecule has 2 N–H and O–H groups in total. The number of likely N-dealkylation sites (N-methyl/N-ethyl adjacent to an activating group) is 1. The highest BCUT2D eigenvalue weighted by Gasteiger charge is 2.33. The topological polar surface area (TPSA) is 85.1 Å². The molecule has 1 aliphatic carbocycles. The Kier molecular flexibility index (Phi) is 4.98. The van der Waals surface area contributed by atoms with Gasteiger partial charge in [0.05, 0.1) is 6.54 Å². The van der Waals surface area contributed by atoms with E-state index in [1.165, 1.54) is 7.11 Å². The number of ether oxygens (including phenoxy) is 2. The van der Waals surface area contributed by atoms with Crippen LogP contribution in [0.2, 0.25) is 0 Å². The van der Waals surface area contributed by atoms with E-state index in [1.54, 1.807) is 16.8 Å². The van der Waals surface area contributed by atoms with Gasteiger partial charge in [-0.3, -0.25) is 9.69 Å². The summed E-state index contributed by atoms with van der Waals surface area (Å²) in [6, 6.07) is 0. The van der Waals surface area contributed by atoms with Crippen molar-refractivity contribution in [2.75, 3.05) is 33.9 Å². The SMILES string of the molecule is COCC(=O)N(C)C1=CC=C(N2CC(CN)OC2=O)CC1. The van der Waals surface area contributed by atoms with Gasteiger partial charge in [-0.05, 0) is 25.0 Å². The summed E-state index contributed by atoms with van der Waals surface area (Å²) in [4.78, 5) is 26.7. The molecule has 2 aliphatic rings. The van der Waals surface area contributed by atoms with Gasteiger partial charge in [-0.1, -0.05) is 0 Å². The molecular weight excluding hydrogens is 274 g/mol. The van der Waals surface area contributed by atoms with E-state index in [1.807, 2.05) is 12.2 Å². The minimum Gasteiger partial charge on any atom is -0.443 e. The van der Waals surface area contributed by atoms with Crippen molar-refractivity contribution in [3.05, 3.63) is 23.5 Å². The number of carbonyl (C=O) groups is 2. The van der Waals surface area contributed by atoms with Gasteiger partial charge in [0.1, 0.15) is 12.7 Å². The molecule has 1 saturated heterocycles. The van der Waals surface area contributed by atoms with E-state index in [2.05, 4.69) is 0 Å². The third-order valence-corrected chi connectivity index (χ3v) is 3.66. The number of nitrogens with zero attached hydrogens (tertiary/aromatic N) is 2. The number of amides is 2. The largest absolute Gasteiger partial charge is 0.443 e. The van der Waals surface area contributed by atoms with Crippen molar-refractivity contribution < 1.29 is 19.1 Å². The van der Waals surface area contributed by atoms with Crippen molar-refractivity contribution in [3.63, 3.8) is 0 Å². The zero-order chi connectivity index (χ0) is 15.4. The second-order valence-corrected chi connectivity index (χ2v) is 5.05. The third-order valence-electron chi connectivity index (χ3n) is 3.66. The first-order chi connectivity index (χ1) is 10.1. The summed E-state index contributed by atoms with van der Waals surface area (Å²) in [5.41, 5.74) is 7.32. The van der Waals surface area contributed by atoms with Gasteiger partial charge in [-0.25, -0.2) is 4.79 Å². The van der Waals surface area contributed by atoms with Gasteiger partial charge in [0.25, 0.3) is 5.91 Å². The predicted molar refractivity (Wildman–Crippen MR) is 76.1 cm³/mol. The molecule has 1 heterocycles. The lowest BCUT2D eigenvalue weighted by Gasteiger charge is -2.25. The van der Waals surface area contributed by atoms with Gasteiger partial charge in [0.2, 0.25) is 0 Å². The van der Waals surface area contributed by atoms with Gasteiger partial charge >= 0.3 is 6.09 Å². The Hall–Kier alpha value is -1.86. The molecule has 0 radical (unpaired) electrons. The molecule has 7 heteroatoms. The quantitative estimate of drug-likeness (QED) is 0.795. The minimum absolute atomic E-state index is 0.0566. The molecule has 1 aliphatic heterocycles. The molecule has 0 saturated carbocycles. The third kappa shape index (κ3) is 3.43. The van der Waals surface area contributed by atoms with Crippen LogP contribution in [0.15, 0.2) is 23.5 Å². The maximum Gasteiger partial charge on any atom is 0.414 e. The lowest BCUT2D eigenvalue weighted by atomic mass is 10.1. The first kappa shape index (κ1) is 15.5. The summed E-state index contributed by atoms with van der Waals surface area (Å²) < 4.78 is 9.98. The van der Waals surface area contributed by atoms with E-state index in [4.69, 9.17) is 15.2 Å². The zero-order valence-electron chi connectivity index (χ0n) is 12.4. The van der Waals surface area contributed by atoms with E-state index >= 15 is 0 Å². The molecule has 2 rings (SSSR count). The Labute approximate surface area is 124 Å². The molecular formula is C14H21N3O4. The van der Waals surface area contributed by atoms with Crippen LogP contribution >= 0.6 is 0 Å². The Bertz CT molecular complexity index is 487. The number of carbonyl (C=O) groups excluding carboxylic acids is 2. The molecule has 1 atom stereocenters. The van der Waals surface area contributed by atoms with Crippen molar-refractivity contribution in [2.45, 2.75) is 18.9 Å². The van der Waals surface area contributed by atoms with Crippen LogP contribution < -0.4 is 5.73 Å². The van der Waals surface area contributed by atoms with Crippen LogP contribution in [-0.2, 0) is 14.3 Å². The molecule has 7 nitrogen and oxygen atoms in total. The second kappa shape index (κ2) is 6.73. The molecule has 0 aromatic carbocycles. The lowest BCUT2D eigenvalue weighted by Crippen LogP contribution is -2.31. The normalized spacial score (nSPS) is 21.8. The average Bonchev–Trinajstić information content (AvgIpc) is 2.88. The highest BCUT2D eigenvalue weighted by molar-refractivity contribution is 5.79. The Morgan fingerprint density at radius 3 is 2.81 bits per heavy atom. The maximum absolute atomic E-state index is 11.8. The highest BCUT2D eigenvalue weighted by Crippen LogP contribution is 2.26. The number of rotatable bonds is 5. The number of hydrogen-bond acceptors (Lipinski definition) is 5. The lowest BCUT2D eigenvalue weighted by molar-refractivity contribution is -0.132. The number of hydrogen-bond donors (Lipinski definition) is 1. The number of allylic oxidation sites excluding steroid dienone is 4. The molecule has 2 amide bonds. The van der Waals surface area contributed by atoms with Gasteiger partial charge < -0.3 is 20.1 Å². The monoisotopic (exact) mass is 295 g/mol. The zero-order valence-corrected chi connectivity index (χ0v) is 12.4. The molecule has 0 spiro atoms. The van der Waals surface area contributed by atoms with E-state index in [9.17, 15) is 9.59 Å². The fraction of sp³-hybridized carbons (Fsp3) is 0.571. The molecule has 0 aromatic heterocycles. The molecule has 0 bridgehead atoms.